The average molecular weight is 639 g/mol. The molecule has 44 heavy (non-hydrogen) atoms. The number of ether oxygens (including phenoxy) is 1. The van der Waals surface area contributed by atoms with Crippen LogP contribution in [0.3, 0.4) is 0 Å². The van der Waals surface area contributed by atoms with E-state index in [0.29, 0.717) is 59.8 Å². The molecule has 2 aromatic carbocycles. The number of nitrogens with zero attached hydrogens (tertiary/aromatic N) is 5. The molecule has 2 aromatic heterocycles. The lowest BCUT2D eigenvalue weighted by atomic mass is 9.91. The van der Waals surface area contributed by atoms with Gasteiger partial charge in [0.2, 0.25) is 0 Å². The van der Waals surface area contributed by atoms with Gasteiger partial charge < -0.3 is 19.8 Å². The van der Waals surface area contributed by atoms with Gasteiger partial charge in [-0.05, 0) is 67.3 Å². The highest BCUT2D eigenvalue weighted by Crippen LogP contribution is 2.42. The van der Waals surface area contributed by atoms with Crippen LogP contribution in [0.15, 0.2) is 65.7 Å². The fourth-order valence-electron chi connectivity index (χ4n) is 6.36. The van der Waals surface area contributed by atoms with E-state index in [4.69, 9.17) is 27.9 Å². The van der Waals surface area contributed by atoms with Crippen molar-refractivity contribution < 1.29 is 24.5 Å². The maximum atomic E-state index is 13.5. The van der Waals surface area contributed by atoms with Crippen LogP contribution in [-0.2, 0) is 11.3 Å². The monoisotopic (exact) mass is 637 g/mol. The zero-order valence-electron chi connectivity index (χ0n) is 23.5. The van der Waals surface area contributed by atoms with Gasteiger partial charge in [0.25, 0.3) is 11.5 Å². The first-order valence-corrected chi connectivity index (χ1v) is 15.1. The molecule has 0 spiro atoms. The summed E-state index contributed by atoms with van der Waals surface area (Å²) in [6, 6.07) is 15.0. The number of carboxylic acid groups (broad SMARTS) is 1. The van der Waals surface area contributed by atoms with Crippen molar-refractivity contribution in [2.75, 3.05) is 19.7 Å². The Hall–Kier alpha value is -3.90. The van der Waals surface area contributed by atoms with E-state index in [-0.39, 0.29) is 35.3 Å². The van der Waals surface area contributed by atoms with Crippen molar-refractivity contribution >= 4 is 46.2 Å². The lowest BCUT2D eigenvalue weighted by molar-refractivity contribution is -0.0299. The van der Waals surface area contributed by atoms with E-state index < -0.39 is 17.7 Å². The molecule has 2 aliphatic heterocycles. The van der Waals surface area contributed by atoms with Crippen molar-refractivity contribution in [3.63, 3.8) is 0 Å². The van der Waals surface area contributed by atoms with E-state index in [1.165, 1.54) is 15.8 Å². The number of aliphatic hydroxyl groups is 1. The second-order valence-electron chi connectivity index (χ2n) is 11.7. The predicted octanol–water partition coefficient (Wildman–Crippen LogP) is 4.35. The van der Waals surface area contributed by atoms with Crippen LogP contribution in [0.1, 0.15) is 41.2 Å². The van der Waals surface area contributed by atoms with Crippen LogP contribution in [0, 0.1) is 0 Å². The van der Waals surface area contributed by atoms with Gasteiger partial charge in [0.05, 0.1) is 42.3 Å². The van der Waals surface area contributed by atoms with Gasteiger partial charge >= 0.3 is 6.09 Å². The number of likely N-dealkylation sites (tertiary alicyclic amines) is 1. The molecule has 2 saturated heterocycles. The molecule has 4 heterocycles. The number of benzene rings is 2. The van der Waals surface area contributed by atoms with E-state index >= 15 is 0 Å². The van der Waals surface area contributed by atoms with Crippen LogP contribution in [-0.4, -0.2) is 83.6 Å². The molecular weight excluding hydrogens is 609 g/mol. The molecule has 0 radical (unpaired) electrons. The summed E-state index contributed by atoms with van der Waals surface area (Å²) in [5, 5.41) is 22.2. The van der Waals surface area contributed by atoms with Crippen LogP contribution in [0.2, 0.25) is 10.2 Å². The summed E-state index contributed by atoms with van der Waals surface area (Å²) in [6.45, 7) is 1.02. The van der Waals surface area contributed by atoms with Crippen LogP contribution >= 0.6 is 23.2 Å². The van der Waals surface area contributed by atoms with Crippen molar-refractivity contribution in [2.45, 2.75) is 49.6 Å². The minimum Gasteiger partial charge on any atom is -0.465 e. The number of piperidine rings is 1. The average Bonchev–Trinajstić information content (AvgIpc) is 3.72. The van der Waals surface area contributed by atoms with Crippen molar-refractivity contribution in [1.29, 1.82) is 0 Å². The molecule has 3 fully saturated rings. The van der Waals surface area contributed by atoms with Gasteiger partial charge in [0, 0.05) is 29.4 Å². The molecule has 7 rings (SSSR count). The minimum absolute atomic E-state index is 0.0142. The highest BCUT2D eigenvalue weighted by Gasteiger charge is 2.52. The molecule has 3 atom stereocenters. The Bertz CT molecular complexity index is 1810. The zero-order valence-corrected chi connectivity index (χ0v) is 25.0. The van der Waals surface area contributed by atoms with E-state index in [0.717, 1.165) is 12.0 Å². The highest BCUT2D eigenvalue weighted by molar-refractivity contribution is 6.31. The third-order valence-electron chi connectivity index (χ3n) is 8.90. The summed E-state index contributed by atoms with van der Waals surface area (Å²) in [5.74, 6) is -0.129. The quantitative estimate of drug-likeness (QED) is 0.333. The maximum Gasteiger partial charge on any atom is 0.408 e. The second kappa shape index (κ2) is 10.9. The minimum atomic E-state index is -1.19. The summed E-state index contributed by atoms with van der Waals surface area (Å²) < 4.78 is 8.83. The van der Waals surface area contributed by atoms with Crippen molar-refractivity contribution in [1.82, 2.24) is 23.9 Å². The Labute approximate surface area is 261 Å². The van der Waals surface area contributed by atoms with Gasteiger partial charge in [-0.3, -0.25) is 23.6 Å². The molecule has 2 amide bonds. The Morgan fingerprint density at radius 3 is 2.43 bits per heavy atom. The smallest absolute Gasteiger partial charge is 0.408 e. The molecule has 11 nitrogen and oxygen atoms in total. The first-order valence-electron chi connectivity index (χ1n) is 14.4. The Morgan fingerprint density at radius 1 is 1.05 bits per heavy atom. The number of carbonyl (C=O) groups is 2. The molecule has 1 aliphatic carbocycles. The Kier molecular flexibility index (Phi) is 7.16. The fourth-order valence-corrected chi connectivity index (χ4v) is 6.77. The van der Waals surface area contributed by atoms with Crippen molar-refractivity contribution in [3.8, 4) is 5.69 Å². The summed E-state index contributed by atoms with van der Waals surface area (Å²) >= 11 is 12.5. The van der Waals surface area contributed by atoms with Crippen LogP contribution in [0.4, 0.5) is 4.79 Å². The van der Waals surface area contributed by atoms with Crippen LogP contribution in [0.5, 0.6) is 0 Å². The van der Waals surface area contributed by atoms with Gasteiger partial charge in [-0.15, -0.1) is 0 Å². The van der Waals surface area contributed by atoms with Gasteiger partial charge in [-0.1, -0.05) is 35.3 Å². The number of rotatable bonds is 5. The third-order valence-corrected chi connectivity index (χ3v) is 9.43. The number of aromatic nitrogens is 3. The Balaban J connectivity index is 1.08. The third kappa shape index (κ3) is 5.13. The molecule has 1 saturated carbocycles. The highest BCUT2D eigenvalue weighted by atomic mass is 35.5. The normalized spacial score (nSPS) is 22.6. The van der Waals surface area contributed by atoms with Gasteiger partial charge in [0.1, 0.15) is 11.5 Å². The lowest BCUT2D eigenvalue weighted by Crippen LogP contribution is -2.49. The Morgan fingerprint density at radius 2 is 1.75 bits per heavy atom. The molecule has 0 bridgehead atoms. The fraction of sp³-hybridized carbons (Fsp3) is 0.355. The van der Waals surface area contributed by atoms with E-state index in [1.807, 2.05) is 24.3 Å². The number of fused-ring (bicyclic) bond motifs is 2. The number of carbonyl (C=O) groups excluding carboxylic acids is 1. The topological polar surface area (TPSA) is 130 Å². The van der Waals surface area contributed by atoms with Gasteiger partial charge in [0.15, 0.2) is 5.65 Å². The van der Waals surface area contributed by atoms with Gasteiger partial charge in [-0.25, -0.2) is 9.78 Å². The second-order valence-corrected chi connectivity index (χ2v) is 12.5. The number of hydrogen-bond donors (Lipinski definition) is 2. The SMILES string of the molecule is O=C(c1ccc(Cl)cc1)N1CCC(O)(Cn2cnc3c(cc(Cl)n3-c3ccc(C4COC5CC5N4C(=O)O)cc3)c2=O)CC1. The number of halogens is 2. The maximum absolute atomic E-state index is 13.5. The first-order chi connectivity index (χ1) is 21.1. The van der Waals surface area contributed by atoms with E-state index in [2.05, 4.69) is 4.98 Å². The van der Waals surface area contributed by atoms with Gasteiger partial charge in [-0.2, -0.15) is 0 Å². The number of hydrogen-bond acceptors (Lipinski definition) is 6. The molecule has 3 aliphatic rings. The molecular formula is C31H29Cl2N5O6. The van der Waals surface area contributed by atoms with Crippen molar-refractivity contribution in [3.05, 3.63) is 92.6 Å². The first kappa shape index (κ1) is 28.8. The summed E-state index contributed by atoms with van der Waals surface area (Å²) in [4.78, 5) is 46.0. The molecule has 228 valence electrons. The van der Waals surface area contributed by atoms with Crippen LogP contribution < -0.4 is 5.56 Å². The largest absolute Gasteiger partial charge is 0.465 e. The lowest BCUT2D eigenvalue weighted by Gasteiger charge is -2.38. The van der Waals surface area contributed by atoms with E-state index in [1.54, 1.807) is 39.8 Å². The number of morpholine rings is 1. The molecule has 4 aromatic rings. The summed E-state index contributed by atoms with van der Waals surface area (Å²) in [5.41, 5.74) is 0.842. The summed E-state index contributed by atoms with van der Waals surface area (Å²) in [7, 11) is 0. The van der Waals surface area contributed by atoms with Crippen molar-refractivity contribution in [2.24, 2.45) is 0 Å². The zero-order chi connectivity index (χ0) is 30.7. The standard InChI is InChI=1S/C31H29Cl2N5O6/c32-20-5-1-19(2-6-20)28(39)35-11-9-31(43,10-12-35)16-36-17-34-27-22(29(36)40)13-26(33)37(27)21-7-3-18(4-8-21)24-15-44-25-14-23(25)38(24)30(41)42/h1-8,13,17,23-25,43H,9-12,14-16H2,(H,41,42). The van der Waals surface area contributed by atoms with Crippen LogP contribution in [0.25, 0.3) is 16.7 Å². The number of amides is 2. The molecule has 13 heteroatoms. The molecule has 2 N–H and O–H groups in total. The predicted molar refractivity (Wildman–Crippen MR) is 163 cm³/mol. The molecule has 3 unspecified atom stereocenters. The van der Waals surface area contributed by atoms with E-state index in [9.17, 15) is 24.6 Å². The summed E-state index contributed by atoms with van der Waals surface area (Å²) in [6.07, 6.45) is 1.76.